The van der Waals surface area contributed by atoms with E-state index < -0.39 is 6.09 Å². The lowest BCUT2D eigenvalue weighted by Gasteiger charge is -2.23. The van der Waals surface area contributed by atoms with Crippen LogP contribution in [0.1, 0.15) is 16.7 Å². The molecule has 18 heavy (non-hydrogen) atoms. The van der Waals surface area contributed by atoms with Crippen LogP contribution in [-0.4, -0.2) is 24.9 Å². The molecule has 2 rings (SSSR count). The van der Waals surface area contributed by atoms with E-state index in [1.807, 2.05) is 32.1 Å². The third-order valence-corrected chi connectivity index (χ3v) is 3.36. The summed E-state index contributed by atoms with van der Waals surface area (Å²) < 4.78 is 4.78. The number of benzene rings is 1. The van der Waals surface area contributed by atoms with E-state index in [0.717, 1.165) is 22.4 Å². The zero-order chi connectivity index (χ0) is 13.3. The van der Waals surface area contributed by atoms with Crippen LogP contribution in [0.25, 0.3) is 0 Å². The van der Waals surface area contributed by atoms with Crippen LogP contribution in [0.5, 0.6) is 5.75 Å². The van der Waals surface area contributed by atoms with Gasteiger partial charge in [0.25, 0.3) is 0 Å². The van der Waals surface area contributed by atoms with Crippen molar-refractivity contribution in [2.75, 3.05) is 18.6 Å². The fourth-order valence-electron chi connectivity index (χ4n) is 2.14. The summed E-state index contributed by atoms with van der Waals surface area (Å²) in [5, 5.41) is 10.2. The zero-order valence-corrected chi connectivity index (χ0v) is 10.9. The van der Waals surface area contributed by atoms with Crippen LogP contribution in [0, 0.1) is 13.8 Å². The lowest BCUT2D eigenvalue weighted by molar-refractivity contribution is 0.179. The average molecular weight is 247 g/mol. The van der Waals surface area contributed by atoms with Crippen molar-refractivity contribution in [3.63, 3.8) is 0 Å². The Bertz CT molecular complexity index is 520. The summed E-state index contributed by atoms with van der Waals surface area (Å²) in [6.45, 7) is 4.26. The number of phenolic OH excluding ortho intramolecular Hbond substituents is 1. The van der Waals surface area contributed by atoms with Crippen LogP contribution in [0.3, 0.4) is 0 Å². The number of rotatable bonds is 0. The molecule has 1 heterocycles. The van der Waals surface area contributed by atoms with Crippen LogP contribution >= 0.6 is 0 Å². The van der Waals surface area contributed by atoms with Crippen LogP contribution in [-0.2, 0) is 11.2 Å². The molecule has 96 valence electrons. The number of aryl methyl sites for hydroxylation is 1. The molecule has 0 spiro atoms. The molecule has 0 atom stereocenters. The van der Waals surface area contributed by atoms with E-state index in [1.165, 1.54) is 12.0 Å². The molecule has 1 aliphatic rings. The Kier molecular flexibility index (Phi) is 3.28. The van der Waals surface area contributed by atoms with E-state index in [2.05, 4.69) is 0 Å². The number of methoxy groups -OCH3 is 1. The Labute approximate surface area is 106 Å². The topological polar surface area (TPSA) is 49.8 Å². The lowest BCUT2D eigenvalue weighted by atomic mass is 10.00. The predicted octanol–water partition coefficient (Wildman–Crippen LogP) is 2.69. The molecule has 1 aliphatic heterocycles. The van der Waals surface area contributed by atoms with Crippen molar-refractivity contribution in [3.05, 3.63) is 34.9 Å². The molecule has 0 aromatic heterocycles. The van der Waals surface area contributed by atoms with Gasteiger partial charge in [-0.15, -0.1) is 0 Å². The predicted molar refractivity (Wildman–Crippen MR) is 70.2 cm³/mol. The number of ether oxygens (including phenoxy) is 1. The highest BCUT2D eigenvalue weighted by molar-refractivity contribution is 5.90. The van der Waals surface area contributed by atoms with Gasteiger partial charge in [0, 0.05) is 12.1 Å². The minimum absolute atomic E-state index is 0.269. The van der Waals surface area contributed by atoms with Gasteiger partial charge in [-0.3, -0.25) is 4.90 Å². The van der Waals surface area contributed by atoms with Gasteiger partial charge in [0.15, 0.2) is 0 Å². The van der Waals surface area contributed by atoms with E-state index in [-0.39, 0.29) is 5.75 Å². The average Bonchev–Trinajstić information content (AvgIpc) is 2.57. The zero-order valence-electron chi connectivity index (χ0n) is 10.9. The maximum atomic E-state index is 11.8. The van der Waals surface area contributed by atoms with Gasteiger partial charge in [-0.05, 0) is 37.5 Å². The normalized spacial score (nSPS) is 14.1. The summed E-state index contributed by atoms with van der Waals surface area (Å²) >= 11 is 0. The van der Waals surface area contributed by atoms with Gasteiger partial charge >= 0.3 is 6.09 Å². The number of hydrogen-bond acceptors (Lipinski definition) is 3. The van der Waals surface area contributed by atoms with Crippen molar-refractivity contribution < 1.29 is 14.6 Å². The summed E-state index contributed by atoms with van der Waals surface area (Å²) in [7, 11) is 1.36. The number of nitrogens with zero attached hydrogens (tertiary/aromatic N) is 1. The van der Waals surface area contributed by atoms with E-state index in [1.54, 1.807) is 0 Å². The van der Waals surface area contributed by atoms with Crippen LogP contribution in [0.2, 0.25) is 0 Å². The SMILES string of the molecule is COC(=O)N1CC=CCc2c1cc(C)c(C)c2O. The Morgan fingerprint density at radius 3 is 2.78 bits per heavy atom. The molecule has 1 aromatic carbocycles. The number of carbonyl (C=O) groups excluding carboxylic acids is 1. The van der Waals surface area contributed by atoms with Crippen LogP contribution in [0.4, 0.5) is 10.5 Å². The third-order valence-electron chi connectivity index (χ3n) is 3.36. The summed E-state index contributed by atoms with van der Waals surface area (Å²) in [6.07, 6.45) is 4.07. The molecule has 4 nitrogen and oxygen atoms in total. The first-order valence-electron chi connectivity index (χ1n) is 5.88. The molecular weight excluding hydrogens is 230 g/mol. The minimum Gasteiger partial charge on any atom is -0.507 e. The van der Waals surface area contributed by atoms with Crippen molar-refractivity contribution >= 4 is 11.8 Å². The van der Waals surface area contributed by atoms with E-state index >= 15 is 0 Å². The fraction of sp³-hybridized carbons (Fsp3) is 0.357. The van der Waals surface area contributed by atoms with Gasteiger partial charge < -0.3 is 9.84 Å². The number of phenols is 1. The van der Waals surface area contributed by atoms with Gasteiger partial charge in [0.2, 0.25) is 0 Å². The van der Waals surface area contributed by atoms with E-state index in [0.29, 0.717) is 13.0 Å². The first-order chi connectivity index (χ1) is 8.56. The number of fused-ring (bicyclic) bond motifs is 1. The summed E-state index contributed by atoms with van der Waals surface area (Å²) in [5.74, 6) is 0.269. The molecular formula is C14H17NO3. The van der Waals surface area contributed by atoms with E-state index in [4.69, 9.17) is 4.74 Å². The number of aromatic hydroxyl groups is 1. The highest BCUT2D eigenvalue weighted by atomic mass is 16.5. The first-order valence-corrected chi connectivity index (χ1v) is 5.88. The van der Waals surface area contributed by atoms with E-state index in [9.17, 15) is 9.90 Å². The Morgan fingerprint density at radius 2 is 2.11 bits per heavy atom. The highest BCUT2D eigenvalue weighted by Crippen LogP contribution is 2.36. The molecule has 0 radical (unpaired) electrons. The molecule has 0 bridgehead atoms. The third kappa shape index (κ3) is 1.94. The molecule has 0 unspecified atom stereocenters. The van der Waals surface area contributed by atoms with Crippen molar-refractivity contribution in [1.82, 2.24) is 0 Å². The van der Waals surface area contributed by atoms with Gasteiger partial charge in [-0.2, -0.15) is 0 Å². The summed E-state index contributed by atoms with van der Waals surface area (Å²) in [4.78, 5) is 13.3. The number of carbonyl (C=O) groups is 1. The Hall–Kier alpha value is -1.97. The van der Waals surface area contributed by atoms with Crippen molar-refractivity contribution in [3.8, 4) is 5.75 Å². The molecule has 0 saturated carbocycles. The van der Waals surface area contributed by atoms with Gasteiger partial charge in [-0.1, -0.05) is 12.2 Å². The van der Waals surface area contributed by atoms with Crippen molar-refractivity contribution in [2.24, 2.45) is 0 Å². The van der Waals surface area contributed by atoms with Crippen molar-refractivity contribution in [2.45, 2.75) is 20.3 Å². The number of hydrogen-bond donors (Lipinski definition) is 1. The molecule has 1 N–H and O–H groups in total. The molecule has 0 fully saturated rings. The fourth-order valence-corrected chi connectivity index (χ4v) is 2.14. The minimum atomic E-state index is -0.412. The van der Waals surface area contributed by atoms with Crippen LogP contribution in [0.15, 0.2) is 18.2 Å². The highest BCUT2D eigenvalue weighted by Gasteiger charge is 2.23. The largest absolute Gasteiger partial charge is 0.507 e. The second kappa shape index (κ2) is 4.72. The number of amides is 1. The standard InChI is InChI=1S/C14H17NO3/c1-9-8-12-11(13(16)10(9)2)6-4-5-7-15(12)14(17)18-3/h4-5,8,16H,6-7H2,1-3H3. The van der Waals surface area contributed by atoms with Gasteiger partial charge in [-0.25, -0.2) is 4.79 Å². The molecule has 0 aliphatic carbocycles. The molecule has 1 aromatic rings. The van der Waals surface area contributed by atoms with Crippen LogP contribution < -0.4 is 4.90 Å². The molecule has 1 amide bonds. The maximum Gasteiger partial charge on any atom is 0.414 e. The molecule has 0 saturated heterocycles. The van der Waals surface area contributed by atoms with Crippen molar-refractivity contribution in [1.29, 1.82) is 0 Å². The summed E-state index contributed by atoms with van der Waals surface area (Å²) in [6, 6.07) is 1.92. The quantitative estimate of drug-likeness (QED) is 0.717. The summed E-state index contributed by atoms with van der Waals surface area (Å²) in [5.41, 5.74) is 3.32. The second-order valence-electron chi connectivity index (χ2n) is 4.42. The number of allylic oxidation sites excluding steroid dienone is 1. The molecule has 4 heteroatoms. The Balaban J connectivity index is 2.61. The number of anilines is 1. The maximum absolute atomic E-state index is 11.8. The second-order valence-corrected chi connectivity index (χ2v) is 4.42. The monoisotopic (exact) mass is 247 g/mol. The van der Waals surface area contributed by atoms with Gasteiger partial charge in [0.1, 0.15) is 5.75 Å². The smallest absolute Gasteiger partial charge is 0.414 e. The van der Waals surface area contributed by atoms with Gasteiger partial charge in [0.05, 0.1) is 12.8 Å². The first kappa shape index (κ1) is 12.5. The lowest BCUT2D eigenvalue weighted by Crippen LogP contribution is -2.31. The Morgan fingerprint density at radius 1 is 1.39 bits per heavy atom.